The second-order valence-corrected chi connectivity index (χ2v) is 5.93. The van der Waals surface area contributed by atoms with Crippen LogP contribution in [0, 0.1) is 24.4 Å². The first-order chi connectivity index (χ1) is 12.0. The predicted octanol–water partition coefficient (Wildman–Crippen LogP) is 4.45. The number of rotatable bonds is 5. The van der Waals surface area contributed by atoms with Crippen LogP contribution in [0.1, 0.15) is 29.8 Å². The van der Waals surface area contributed by atoms with E-state index in [1.54, 1.807) is 29.1 Å². The topological polar surface area (TPSA) is 29.9 Å². The van der Waals surface area contributed by atoms with E-state index in [2.05, 4.69) is 10.4 Å². The van der Waals surface area contributed by atoms with Gasteiger partial charge in [0.05, 0.1) is 11.9 Å². The van der Waals surface area contributed by atoms with Gasteiger partial charge in [0.2, 0.25) is 0 Å². The lowest BCUT2D eigenvalue weighted by molar-refractivity contribution is 0.503. The van der Waals surface area contributed by atoms with E-state index in [-0.39, 0.29) is 11.9 Å². The van der Waals surface area contributed by atoms with Gasteiger partial charge in [-0.2, -0.15) is 5.10 Å². The van der Waals surface area contributed by atoms with Crippen molar-refractivity contribution < 1.29 is 13.2 Å². The first-order valence-corrected chi connectivity index (χ1v) is 7.93. The normalized spacial score (nSPS) is 12.4. The van der Waals surface area contributed by atoms with E-state index in [4.69, 9.17) is 0 Å². The van der Waals surface area contributed by atoms with Crippen molar-refractivity contribution in [2.24, 2.45) is 0 Å². The van der Waals surface area contributed by atoms with Gasteiger partial charge in [0.15, 0.2) is 11.6 Å². The van der Waals surface area contributed by atoms with Crippen molar-refractivity contribution in [3.8, 4) is 5.69 Å². The van der Waals surface area contributed by atoms with Crippen molar-refractivity contribution in [1.29, 1.82) is 0 Å². The second kappa shape index (κ2) is 7.11. The Kier molecular flexibility index (Phi) is 4.90. The lowest BCUT2D eigenvalue weighted by Crippen LogP contribution is -2.18. The van der Waals surface area contributed by atoms with Gasteiger partial charge in [-0.05, 0) is 49.7 Å². The molecular weight excluding hydrogens is 327 g/mol. The fraction of sp³-hybridized carbons (Fsp3) is 0.211. The van der Waals surface area contributed by atoms with Gasteiger partial charge in [-0.25, -0.2) is 17.9 Å². The first-order valence-electron chi connectivity index (χ1n) is 7.93. The Morgan fingerprint density at radius 3 is 2.60 bits per heavy atom. The number of hydrogen-bond donors (Lipinski definition) is 1. The zero-order valence-corrected chi connectivity index (χ0v) is 13.9. The minimum absolute atomic E-state index is 0.0598. The van der Waals surface area contributed by atoms with Gasteiger partial charge in [0, 0.05) is 23.8 Å². The quantitative estimate of drug-likeness (QED) is 0.740. The van der Waals surface area contributed by atoms with E-state index >= 15 is 0 Å². The van der Waals surface area contributed by atoms with Crippen LogP contribution in [-0.4, -0.2) is 9.78 Å². The van der Waals surface area contributed by atoms with E-state index in [9.17, 15) is 13.2 Å². The second-order valence-electron chi connectivity index (χ2n) is 5.93. The smallest absolute Gasteiger partial charge is 0.159 e. The fourth-order valence-electron chi connectivity index (χ4n) is 2.75. The minimum Gasteiger partial charge on any atom is -0.306 e. The van der Waals surface area contributed by atoms with Crippen LogP contribution >= 0.6 is 0 Å². The molecule has 1 atom stereocenters. The molecule has 6 heteroatoms. The van der Waals surface area contributed by atoms with E-state index in [0.717, 1.165) is 17.3 Å². The summed E-state index contributed by atoms with van der Waals surface area (Å²) in [5.41, 5.74) is 3.14. The van der Waals surface area contributed by atoms with Gasteiger partial charge < -0.3 is 5.32 Å². The monoisotopic (exact) mass is 345 g/mol. The highest BCUT2D eigenvalue weighted by Crippen LogP contribution is 2.21. The molecule has 130 valence electrons. The number of aromatic nitrogens is 2. The Hall–Kier alpha value is -2.60. The maximum Gasteiger partial charge on any atom is 0.159 e. The average molecular weight is 345 g/mol. The molecule has 0 spiro atoms. The fourth-order valence-corrected chi connectivity index (χ4v) is 2.75. The summed E-state index contributed by atoms with van der Waals surface area (Å²) in [6.45, 7) is 4.26. The highest BCUT2D eigenvalue weighted by Gasteiger charge is 2.14. The SMILES string of the molecule is Cc1c([C@H](C)NCc2ccc(F)c(F)c2)cnn1-c1cccc(F)c1. The van der Waals surface area contributed by atoms with Crippen molar-refractivity contribution in [1.82, 2.24) is 15.1 Å². The standard InChI is InChI=1S/C19H18F3N3/c1-12(23-10-14-6-7-18(21)19(22)8-14)17-11-24-25(13(17)2)16-5-3-4-15(20)9-16/h3-9,11-12,23H,10H2,1-2H3/t12-/m0/s1. The van der Waals surface area contributed by atoms with Gasteiger partial charge in [-0.15, -0.1) is 0 Å². The number of nitrogens with one attached hydrogen (secondary N) is 1. The molecule has 0 aliphatic carbocycles. The molecule has 0 saturated heterocycles. The van der Waals surface area contributed by atoms with Crippen LogP contribution in [0.4, 0.5) is 13.2 Å². The largest absolute Gasteiger partial charge is 0.306 e. The summed E-state index contributed by atoms with van der Waals surface area (Å²) in [4.78, 5) is 0. The molecule has 3 nitrogen and oxygen atoms in total. The van der Waals surface area contributed by atoms with Crippen molar-refractivity contribution in [2.45, 2.75) is 26.4 Å². The van der Waals surface area contributed by atoms with Crippen LogP contribution in [0.3, 0.4) is 0 Å². The van der Waals surface area contributed by atoms with Crippen molar-refractivity contribution >= 4 is 0 Å². The molecule has 1 N–H and O–H groups in total. The van der Waals surface area contributed by atoms with Crippen LogP contribution in [0.15, 0.2) is 48.7 Å². The molecule has 0 bridgehead atoms. The number of nitrogens with zero attached hydrogens (tertiary/aromatic N) is 2. The Morgan fingerprint density at radius 1 is 1.08 bits per heavy atom. The maximum atomic E-state index is 13.4. The third-order valence-electron chi connectivity index (χ3n) is 4.16. The van der Waals surface area contributed by atoms with Crippen molar-refractivity contribution in [2.75, 3.05) is 0 Å². The van der Waals surface area contributed by atoms with Gasteiger partial charge in [0.1, 0.15) is 5.82 Å². The van der Waals surface area contributed by atoms with E-state index in [1.165, 1.54) is 18.2 Å². The Labute approximate surface area is 144 Å². The number of hydrogen-bond acceptors (Lipinski definition) is 2. The zero-order chi connectivity index (χ0) is 18.0. The van der Waals surface area contributed by atoms with Crippen LogP contribution in [0.2, 0.25) is 0 Å². The van der Waals surface area contributed by atoms with E-state index in [1.807, 2.05) is 13.8 Å². The van der Waals surface area contributed by atoms with Crippen molar-refractivity contribution in [3.05, 3.63) is 82.9 Å². The number of benzene rings is 2. The molecule has 0 fully saturated rings. The van der Waals surface area contributed by atoms with Crippen molar-refractivity contribution in [3.63, 3.8) is 0 Å². The summed E-state index contributed by atoms with van der Waals surface area (Å²) in [6, 6.07) is 10.0. The van der Waals surface area contributed by atoms with Crippen LogP contribution in [0.5, 0.6) is 0 Å². The molecule has 0 aliphatic heterocycles. The third kappa shape index (κ3) is 3.74. The summed E-state index contributed by atoms with van der Waals surface area (Å²) in [7, 11) is 0. The Balaban J connectivity index is 1.74. The van der Waals surface area contributed by atoms with Gasteiger partial charge in [-0.3, -0.25) is 0 Å². The molecule has 0 aliphatic rings. The van der Waals surface area contributed by atoms with Gasteiger partial charge >= 0.3 is 0 Å². The Bertz CT molecular complexity index is 889. The summed E-state index contributed by atoms with van der Waals surface area (Å²) in [5, 5.41) is 7.59. The third-order valence-corrected chi connectivity index (χ3v) is 4.16. The molecule has 0 radical (unpaired) electrons. The van der Waals surface area contributed by atoms with E-state index < -0.39 is 11.6 Å². The average Bonchev–Trinajstić information content (AvgIpc) is 2.97. The molecular formula is C19H18F3N3. The highest BCUT2D eigenvalue weighted by molar-refractivity contribution is 5.36. The molecule has 2 aromatic carbocycles. The van der Waals surface area contributed by atoms with E-state index in [0.29, 0.717) is 17.8 Å². The van der Waals surface area contributed by atoms with Gasteiger partial charge in [-0.1, -0.05) is 12.1 Å². The molecule has 3 aromatic rings. The molecule has 1 heterocycles. The molecule has 3 rings (SSSR count). The summed E-state index contributed by atoms with van der Waals surface area (Å²) in [5.74, 6) is -2.04. The molecule has 0 amide bonds. The molecule has 25 heavy (non-hydrogen) atoms. The lowest BCUT2D eigenvalue weighted by atomic mass is 10.1. The van der Waals surface area contributed by atoms with Crippen LogP contribution in [0.25, 0.3) is 5.69 Å². The maximum absolute atomic E-state index is 13.4. The summed E-state index contributed by atoms with van der Waals surface area (Å²) >= 11 is 0. The molecule has 0 unspecified atom stereocenters. The first kappa shape index (κ1) is 17.2. The molecule has 0 saturated carbocycles. The predicted molar refractivity (Wildman–Crippen MR) is 89.9 cm³/mol. The highest BCUT2D eigenvalue weighted by atomic mass is 19.2. The lowest BCUT2D eigenvalue weighted by Gasteiger charge is -2.14. The minimum atomic E-state index is -0.859. The van der Waals surface area contributed by atoms with Gasteiger partial charge in [0.25, 0.3) is 0 Å². The zero-order valence-electron chi connectivity index (χ0n) is 13.9. The summed E-state index contributed by atoms with van der Waals surface area (Å²) in [6.07, 6.45) is 1.73. The van der Waals surface area contributed by atoms with Crippen LogP contribution in [-0.2, 0) is 6.54 Å². The molecule has 1 aromatic heterocycles. The Morgan fingerprint density at radius 2 is 1.88 bits per heavy atom. The summed E-state index contributed by atoms with van der Waals surface area (Å²) < 4.78 is 41.3. The number of halogens is 3. The van der Waals surface area contributed by atoms with Crippen LogP contribution < -0.4 is 5.32 Å².